The van der Waals surface area contributed by atoms with Crippen LogP contribution in [0.15, 0.2) is 194 Å². The Morgan fingerprint density at radius 3 is 1.02 bits per heavy atom. The van der Waals surface area contributed by atoms with Crippen molar-refractivity contribution in [3.63, 3.8) is 0 Å². The maximum atomic E-state index is 2.53. The van der Waals surface area contributed by atoms with E-state index in [1.54, 1.807) is 0 Å². The van der Waals surface area contributed by atoms with Gasteiger partial charge in [-0.2, -0.15) is 0 Å². The predicted octanol–water partition coefficient (Wildman–Crippen LogP) is 16.3. The van der Waals surface area contributed by atoms with E-state index in [2.05, 4.69) is 236 Å². The number of benzene rings is 9. The van der Waals surface area contributed by atoms with Crippen LogP contribution in [0.4, 0.5) is 0 Å². The van der Waals surface area contributed by atoms with Gasteiger partial charge in [-0.3, -0.25) is 0 Å². The molecule has 0 nitrogen and oxygen atoms in total. The molecule has 4 aliphatic rings. The number of fused-ring (bicyclic) bond motifs is 13. The maximum absolute atomic E-state index is 2.53. The lowest BCUT2D eigenvalue weighted by Crippen LogP contribution is -2.29. The lowest BCUT2D eigenvalue weighted by molar-refractivity contribution is 0.659. The lowest BCUT2D eigenvalue weighted by atomic mass is 9.66. The summed E-state index contributed by atoms with van der Waals surface area (Å²) in [5, 5.41) is 0. The molecule has 0 heteroatoms. The molecule has 0 amide bonds. The molecule has 0 saturated carbocycles. The molecular weight excluding hydrogens is 769 g/mol. The molecule has 306 valence electrons. The van der Waals surface area contributed by atoms with Crippen LogP contribution in [0.2, 0.25) is 0 Å². The minimum atomic E-state index is -0.612. The highest BCUT2D eigenvalue weighted by Crippen LogP contribution is 2.63. The Morgan fingerprint density at radius 2 is 0.547 bits per heavy atom. The Bertz CT molecular complexity index is 3320. The molecule has 0 unspecified atom stereocenters. The first-order valence-corrected chi connectivity index (χ1v) is 23.1. The van der Waals surface area contributed by atoms with Gasteiger partial charge in [0.2, 0.25) is 0 Å². The molecule has 0 spiro atoms. The third-order valence-corrected chi connectivity index (χ3v) is 16.2. The highest BCUT2D eigenvalue weighted by atomic mass is 14.5. The van der Waals surface area contributed by atoms with Gasteiger partial charge in [-0.15, -0.1) is 0 Å². The molecule has 0 atom stereocenters. The molecule has 9 aromatic rings. The van der Waals surface area contributed by atoms with Crippen molar-refractivity contribution in [3.8, 4) is 66.8 Å². The molecular formula is C64H50. The zero-order valence-corrected chi connectivity index (χ0v) is 37.5. The Kier molecular flexibility index (Phi) is 7.51. The van der Waals surface area contributed by atoms with Gasteiger partial charge in [0.1, 0.15) is 0 Å². The Labute approximate surface area is 378 Å². The van der Waals surface area contributed by atoms with Gasteiger partial charge in [-0.05, 0) is 135 Å². The third-order valence-electron chi connectivity index (χ3n) is 16.2. The van der Waals surface area contributed by atoms with Crippen LogP contribution in [-0.4, -0.2) is 0 Å². The second-order valence-electron chi connectivity index (χ2n) is 20.3. The second kappa shape index (κ2) is 12.8. The zero-order chi connectivity index (χ0) is 43.3. The molecule has 0 N–H and O–H groups in total. The van der Waals surface area contributed by atoms with Crippen molar-refractivity contribution in [3.05, 3.63) is 250 Å². The topological polar surface area (TPSA) is 0 Å². The molecule has 9 aromatic carbocycles. The number of hydrogen-bond acceptors (Lipinski definition) is 0. The summed E-state index contributed by atoms with van der Waals surface area (Å²) in [6, 6.07) is 74.6. The molecule has 13 rings (SSSR count). The first kappa shape index (κ1) is 37.5. The van der Waals surface area contributed by atoms with Crippen LogP contribution in [-0.2, 0) is 21.7 Å². The average molecular weight is 819 g/mol. The fraction of sp³-hybridized carbons (Fsp3) is 0.156. The van der Waals surface area contributed by atoms with Crippen LogP contribution in [0, 0.1) is 0 Å². The summed E-state index contributed by atoms with van der Waals surface area (Å²) in [6.45, 7) is 14.3. The zero-order valence-electron chi connectivity index (χ0n) is 37.5. The van der Waals surface area contributed by atoms with Crippen LogP contribution < -0.4 is 0 Å². The average Bonchev–Trinajstić information content (AvgIpc) is 3.94. The van der Waals surface area contributed by atoms with Crippen molar-refractivity contribution in [2.45, 2.75) is 63.2 Å². The summed E-state index contributed by atoms with van der Waals surface area (Å²) >= 11 is 0. The van der Waals surface area contributed by atoms with E-state index in [1.807, 2.05) is 0 Å². The van der Waals surface area contributed by atoms with Crippen LogP contribution >= 0.6 is 0 Å². The van der Waals surface area contributed by atoms with Gasteiger partial charge in [0.25, 0.3) is 0 Å². The molecule has 0 radical (unpaired) electrons. The molecule has 0 aliphatic heterocycles. The highest BCUT2D eigenvalue weighted by molar-refractivity contribution is 6.01. The van der Waals surface area contributed by atoms with Gasteiger partial charge in [0, 0.05) is 16.2 Å². The van der Waals surface area contributed by atoms with Gasteiger partial charge in [-0.25, -0.2) is 0 Å². The quantitative estimate of drug-likeness (QED) is 0.166. The molecule has 0 saturated heterocycles. The minimum Gasteiger partial charge on any atom is -0.0619 e. The summed E-state index contributed by atoms with van der Waals surface area (Å²) < 4.78 is 0. The standard InChI is InChI=1S/C64H50/c1-61(2)49-29-11-7-23-45(49)57-43(27-17-33-53(57)61)39-19-15-21-41(37-39)64(42-22-16-20-40(38-42)44-28-18-34-54-58(44)46-24-8-12-30-50(46)62(54,3)4)52-32-14-10-26-48(52)60-56(64)36-35-55-59(60)47-25-9-13-31-51(47)63(55,5)6/h7-38H,1-6H3. The van der Waals surface area contributed by atoms with Gasteiger partial charge in [0.05, 0.1) is 5.41 Å². The normalized spacial score (nSPS) is 16.5. The monoisotopic (exact) mass is 818 g/mol. The van der Waals surface area contributed by atoms with E-state index in [-0.39, 0.29) is 16.2 Å². The fourth-order valence-corrected chi connectivity index (χ4v) is 13.2. The molecule has 64 heavy (non-hydrogen) atoms. The number of rotatable bonds is 4. The molecule has 0 fully saturated rings. The first-order valence-electron chi connectivity index (χ1n) is 23.1. The van der Waals surface area contributed by atoms with Crippen molar-refractivity contribution in [2.24, 2.45) is 0 Å². The van der Waals surface area contributed by atoms with Crippen LogP contribution in [0.5, 0.6) is 0 Å². The molecule has 0 aromatic heterocycles. The van der Waals surface area contributed by atoms with Crippen molar-refractivity contribution in [1.82, 2.24) is 0 Å². The maximum Gasteiger partial charge on any atom is 0.0714 e. The molecule has 0 bridgehead atoms. The SMILES string of the molecule is CC1(C)c2ccccc2-c2c(-c3cccc(C4(c5cccc(-c6cccc7c6-c6ccccc6C7(C)C)c5)c5ccccc5-c5c4ccc4c5-c5ccccc5C4(C)C)c3)cccc21. The molecule has 0 heterocycles. The fourth-order valence-electron chi connectivity index (χ4n) is 13.2. The van der Waals surface area contributed by atoms with E-state index in [0.29, 0.717) is 0 Å². The van der Waals surface area contributed by atoms with Gasteiger partial charge < -0.3 is 0 Å². The Morgan fingerprint density at radius 1 is 0.234 bits per heavy atom. The van der Waals surface area contributed by atoms with Crippen LogP contribution in [0.25, 0.3) is 66.8 Å². The largest absolute Gasteiger partial charge is 0.0714 e. The summed E-state index contributed by atoms with van der Waals surface area (Å²) in [5.74, 6) is 0. The first-order chi connectivity index (χ1) is 31.0. The number of hydrogen-bond donors (Lipinski definition) is 0. The van der Waals surface area contributed by atoms with Crippen molar-refractivity contribution < 1.29 is 0 Å². The Balaban J connectivity index is 1.11. The predicted molar refractivity (Wildman–Crippen MR) is 267 cm³/mol. The Hall–Kier alpha value is -7.02. The van der Waals surface area contributed by atoms with E-state index < -0.39 is 5.41 Å². The second-order valence-corrected chi connectivity index (χ2v) is 20.3. The van der Waals surface area contributed by atoms with E-state index in [1.165, 1.54) is 122 Å². The van der Waals surface area contributed by atoms with Crippen molar-refractivity contribution in [1.29, 1.82) is 0 Å². The lowest BCUT2D eigenvalue weighted by Gasteiger charge is -2.35. The smallest absolute Gasteiger partial charge is 0.0619 e. The van der Waals surface area contributed by atoms with Gasteiger partial charge in [0.15, 0.2) is 0 Å². The summed E-state index contributed by atoms with van der Waals surface area (Å²) in [5.41, 5.74) is 28.7. The van der Waals surface area contributed by atoms with Crippen molar-refractivity contribution >= 4 is 0 Å². The highest BCUT2D eigenvalue weighted by Gasteiger charge is 2.50. The summed E-state index contributed by atoms with van der Waals surface area (Å²) in [4.78, 5) is 0. The van der Waals surface area contributed by atoms with Crippen LogP contribution in [0.1, 0.15) is 97.2 Å². The van der Waals surface area contributed by atoms with Crippen LogP contribution in [0.3, 0.4) is 0 Å². The van der Waals surface area contributed by atoms with Gasteiger partial charge >= 0.3 is 0 Å². The third kappa shape index (κ3) is 4.63. The summed E-state index contributed by atoms with van der Waals surface area (Å²) in [6.07, 6.45) is 0. The van der Waals surface area contributed by atoms with E-state index >= 15 is 0 Å². The molecule has 4 aliphatic carbocycles. The van der Waals surface area contributed by atoms with Gasteiger partial charge in [-0.1, -0.05) is 224 Å². The minimum absolute atomic E-state index is 0.0810. The summed E-state index contributed by atoms with van der Waals surface area (Å²) in [7, 11) is 0. The van der Waals surface area contributed by atoms with Crippen molar-refractivity contribution in [2.75, 3.05) is 0 Å². The van der Waals surface area contributed by atoms with E-state index in [9.17, 15) is 0 Å². The van der Waals surface area contributed by atoms with E-state index in [4.69, 9.17) is 0 Å². The van der Waals surface area contributed by atoms with E-state index in [0.717, 1.165) is 0 Å².